The van der Waals surface area contributed by atoms with E-state index >= 15 is 0 Å². The van der Waals surface area contributed by atoms with Crippen LogP contribution in [0.1, 0.15) is 54.6 Å². The third-order valence-electron chi connectivity index (χ3n) is 6.43. The van der Waals surface area contributed by atoms with Gasteiger partial charge in [0, 0.05) is 11.3 Å². The van der Waals surface area contributed by atoms with Gasteiger partial charge in [0.05, 0.1) is 18.0 Å². The van der Waals surface area contributed by atoms with Crippen molar-refractivity contribution in [3.8, 4) is 0 Å². The Morgan fingerprint density at radius 3 is 1.97 bits per heavy atom. The molecule has 0 saturated carbocycles. The molecule has 3 aromatic carbocycles. The molecule has 1 heterocycles. The Morgan fingerprint density at radius 2 is 1.44 bits per heavy atom. The van der Waals surface area contributed by atoms with Crippen molar-refractivity contribution >= 4 is 29.1 Å². The number of anilines is 1. The molecule has 1 amide bonds. The van der Waals surface area contributed by atoms with E-state index in [9.17, 15) is 19.5 Å². The monoisotopic (exact) mass is 483 g/mol. The van der Waals surface area contributed by atoms with Crippen LogP contribution < -0.4 is 4.90 Å². The highest BCUT2D eigenvalue weighted by Crippen LogP contribution is 2.42. The number of hydrogen-bond donors (Lipinski definition) is 2. The van der Waals surface area contributed by atoms with Gasteiger partial charge in [0.1, 0.15) is 5.76 Å². The number of amides is 1. The number of carboxylic acid groups (broad SMARTS) is 1. The molecule has 2 N–H and O–H groups in total. The molecular formula is C30H29NO5. The first-order valence-electron chi connectivity index (χ1n) is 11.8. The van der Waals surface area contributed by atoms with E-state index in [1.807, 2.05) is 43.3 Å². The molecule has 0 spiro atoms. The number of carbonyl (C=O) groups excluding carboxylic acids is 2. The average Bonchev–Trinajstić information content (AvgIpc) is 3.09. The second-order valence-corrected chi connectivity index (χ2v) is 10.1. The van der Waals surface area contributed by atoms with E-state index in [4.69, 9.17) is 5.11 Å². The number of ketones is 1. The topological polar surface area (TPSA) is 94.9 Å². The first kappa shape index (κ1) is 24.9. The first-order valence-corrected chi connectivity index (χ1v) is 11.8. The van der Waals surface area contributed by atoms with Crippen molar-refractivity contribution in [3.63, 3.8) is 0 Å². The predicted octanol–water partition coefficient (Wildman–Crippen LogP) is 5.55. The Hall–Kier alpha value is -4.19. The molecular weight excluding hydrogens is 454 g/mol. The number of aliphatic hydroxyl groups excluding tert-OH is 1. The quantitative estimate of drug-likeness (QED) is 0.282. The molecule has 0 aliphatic carbocycles. The molecule has 0 bridgehead atoms. The molecule has 6 nitrogen and oxygen atoms in total. The van der Waals surface area contributed by atoms with Crippen molar-refractivity contribution in [3.05, 3.63) is 106 Å². The van der Waals surface area contributed by atoms with Crippen LogP contribution in [-0.4, -0.2) is 27.9 Å². The molecule has 1 fully saturated rings. The van der Waals surface area contributed by atoms with Crippen molar-refractivity contribution in [2.45, 2.75) is 45.6 Å². The molecule has 6 heteroatoms. The molecule has 0 radical (unpaired) electrons. The Bertz CT molecular complexity index is 1340. The minimum absolute atomic E-state index is 0.0157. The zero-order valence-electron chi connectivity index (χ0n) is 20.8. The minimum Gasteiger partial charge on any atom is -0.507 e. The minimum atomic E-state index is -0.958. The van der Waals surface area contributed by atoms with Crippen LogP contribution in [0.15, 0.2) is 78.4 Å². The zero-order chi connectivity index (χ0) is 26.2. The van der Waals surface area contributed by atoms with Gasteiger partial charge in [0.15, 0.2) is 0 Å². The van der Waals surface area contributed by atoms with Gasteiger partial charge in [-0.25, -0.2) is 0 Å². The van der Waals surface area contributed by atoms with Gasteiger partial charge >= 0.3 is 5.97 Å². The van der Waals surface area contributed by atoms with E-state index in [-0.39, 0.29) is 23.2 Å². The summed E-state index contributed by atoms with van der Waals surface area (Å²) >= 11 is 0. The summed E-state index contributed by atoms with van der Waals surface area (Å²) in [5, 5.41) is 20.3. The summed E-state index contributed by atoms with van der Waals surface area (Å²) in [6.07, 6.45) is -0.149. The highest BCUT2D eigenvalue weighted by molar-refractivity contribution is 6.51. The Morgan fingerprint density at radius 1 is 0.861 bits per heavy atom. The lowest BCUT2D eigenvalue weighted by atomic mass is 9.85. The van der Waals surface area contributed by atoms with Gasteiger partial charge < -0.3 is 10.2 Å². The summed E-state index contributed by atoms with van der Waals surface area (Å²) in [4.78, 5) is 39.1. The van der Waals surface area contributed by atoms with Crippen LogP contribution in [0.4, 0.5) is 5.69 Å². The number of nitrogens with zero attached hydrogens (tertiary/aromatic N) is 1. The Balaban J connectivity index is 1.87. The van der Waals surface area contributed by atoms with Crippen LogP contribution in [0.5, 0.6) is 0 Å². The Labute approximate surface area is 210 Å². The van der Waals surface area contributed by atoms with E-state index in [0.717, 1.165) is 11.1 Å². The van der Waals surface area contributed by atoms with Crippen LogP contribution in [0.25, 0.3) is 5.76 Å². The molecule has 1 unspecified atom stereocenters. The van der Waals surface area contributed by atoms with Crippen molar-refractivity contribution in [1.29, 1.82) is 0 Å². The molecule has 1 aliphatic rings. The fraction of sp³-hybridized carbons (Fsp3) is 0.233. The maximum atomic E-state index is 13.3. The highest BCUT2D eigenvalue weighted by Gasteiger charge is 2.47. The third-order valence-corrected chi connectivity index (χ3v) is 6.43. The van der Waals surface area contributed by atoms with Crippen molar-refractivity contribution in [2.75, 3.05) is 4.90 Å². The van der Waals surface area contributed by atoms with Crippen molar-refractivity contribution in [1.82, 2.24) is 0 Å². The average molecular weight is 484 g/mol. The van der Waals surface area contributed by atoms with Crippen LogP contribution in [-0.2, 0) is 26.2 Å². The summed E-state index contributed by atoms with van der Waals surface area (Å²) in [5.41, 5.74) is 4.19. The van der Waals surface area contributed by atoms with E-state index in [0.29, 0.717) is 22.4 Å². The molecule has 184 valence electrons. The van der Waals surface area contributed by atoms with Gasteiger partial charge in [-0.2, -0.15) is 0 Å². The number of Topliss-reactive ketones (excluding diaryl/α,β-unsaturated/α-hetero) is 1. The standard InChI is InChI=1S/C30H29NO5/c1-18-5-9-21(10-6-18)27(34)25-26(20-11-13-22(14-12-20)30(2,3)4)31(29(36)28(25)35)23-15-7-19(8-16-23)17-24(32)33/h5-16,26,34H,17H2,1-4H3,(H,32,33)/b27-25-. The number of aliphatic hydroxyl groups is 1. The largest absolute Gasteiger partial charge is 0.507 e. The number of carbonyl (C=O) groups is 3. The van der Waals surface area contributed by atoms with Crippen LogP contribution in [0, 0.1) is 6.92 Å². The number of benzene rings is 3. The number of rotatable bonds is 5. The lowest BCUT2D eigenvalue weighted by Crippen LogP contribution is -2.29. The second-order valence-electron chi connectivity index (χ2n) is 10.1. The van der Waals surface area contributed by atoms with Crippen LogP contribution >= 0.6 is 0 Å². The first-order chi connectivity index (χ1) is 17.0. The summed E-state index contributed by atoms with van der Waals surface area (Å²) < 4.78 is 0. The smallest absolute Gasteiger partial charge is 0.307 e. The number of aliphatic carboxylic acids is 1. The molecule has 3 aromatic rings. The normalized spacial score (nSPS) is 17.4. The van der Waals surface area contributed by atoms with Gasteiger partial charge in [-0.05, 0) is 41.2 Å². The summed E-state index contributed by atoms with van der Waals surface area (Å²) in [6.45, 7) is 8.23. The van der Waals surface area contributed by atoms with Gasteiger partial charge in [0.25, 0.3) is 11.7 Å². The van der Waals surface area contributed by atoms with Gasteiger partial charge in [0.2, 0.25) is 0 Å². The zero-order valence-corrected chi connectivity index (χ0v) is 20.8. The lowest BCUT2D eigenvalue weighted by molar-refractivity contribution is -0.136. The van der Waals surface area contributed by atoms with Crippen molar-refractivity contribution in [2.24, 2.45) is 0 Å². The lowest BCUT2D eigenvalue weighted by Gasteiger charge is -2.26. The van der Waals surface area contributed by atoms with Gasteiger partial charge in [-0.15, -0.1) is 0 Å². The maximum absolute atomic E-state index is 13.3. The fourth-order valence-corrected chi connectivity index (χ4v) is 4.40. The predicted molar refractivity (Wildman–Crippen MR) is 139 cm³/mol. The van der Waals surface area contributed by atoms with Crippen molar-refractivity contribution < 1.29 is 24.6 Å². The van der Waals surface area contributed by atoms with E-state index in [1.54, 1.807) is 36.4 Å². The second kappa shape index (κ2) is 9.46. The molecule has 4 rings (SSSR count). The highest BCUT2D eigenvalue weighted by atomic mass is 16.4. The van der Waals surface area contributed by atoms with E-state index in [2.05, 4.69) is 20.8 Å². The van der Waals surface area contributed by atoms with Gasteiger partial charge in [-0.1, -0.05) is 87.0 Å². The summed E-state index contributed by atoms with van der Waals surface area (Å²) in [5.74, 6) is -2.71. The molecule has 1 atom stereocenters. The number of hydrogen-bond acceptors (Lipinski definition) is 4. The SMILES string of the molecule is Cc1ccc(/C(O)=C2/C(=O)C(=O)N(c3ccc(CC(=O)O)cc3)C2c2ccc(C(C)(C)C)cc2)cc1. The van der Waals surface area contributed by atoms with Gasteiger partial charge in [-0.3, -0.25) is 19.3 Å². The van der Waals surface area contributed by atoms with E-state index in [1.165, 1.54) is 4.90 Å². The molecule has 0 aromatic heterocycles. The molecule has 1 aliphatic heterocycles. The number of carboxylic acids is 1. The third kappa shape index (κ3) is 4.80. The summed E-state index contributed by atoms with van der Waals surface area (Å²) in [7, 11) is 0. The molecule has 36 heavy (non-hydrogen) atoms. The summed E-state index contributed by atoms with van der Waals surface area (Å²) in [6, 6.07) is 20.5. The Kier molecular flexibility index (Phi) is 6.55. The van der Waals surface area contributed by atoms with E-state index < -0.39 is 23.7 Å². The van der Waals surface area contributed by atoms with Crippen LogP contribution in [0.2, 0.25) is 0 Å². The van der Waals surface area contributed by atoms with Crippen LogP contribution in [0.3, 0.4) is 0 Å². The fourth-order valence-electron chi connectivity index (χ4n) is 4.40. The molecule has 1 saturated heterocycles. The maximum Gasteiger partial charge on any atom is 0.307 e. The number of aryl methyl sites for hydroxylation is 1.